The summed E-state index contributed by atoms with van der Waals surface area (Å²) in [7, 11) is 2.10. The van der Waals surface area contributed by atoms with E-state index < -0.39 is 17.0 Å². The smallest absolute Gasteiger partial charge is 0.411 e. The highest BCUT2D eigenvalue weighted by Crippen LogP contribution is 2.49. The van der Waals surface area contributed by atoms with Crippen LogP contribution in [-0.2, 0) is 37.8 Å². The largest absolute Gasteiger partial charge is 0.473 e. The molecule has 11 nitrogen and oxygen atoms in total. The molecule has 4 heterocycles. The molecule has 1 aromatic heterocycles. The summed E-state index contributed by atoms with van der Waals surface area (Å²) in [6.45, 7) is 4.05. The molecule has 2 saturated heterocycles. The molecule has 0 radical (unpaired) electrons. The fraction of sp³-hybridized carbons (Fsp3) is 0.583. The second kappa shape index (κ2) is 12.6. The molecule has 5 aliphatic rings. The Bertz CT molecular complexity index is 1580. The van der Waals surface area contributed by atoms with Gasteiger partial charge in [-0.2, -0.15) is 4.98 Å². The quantitative estimate of drug-likeness (QED) is 0.350. The van der Waals surface area contributed by atoms with Crippen LogP contribution in [0.1, 0.15) is 93.8 Å². The first-order valence-corrected chi connectivity index (χ1v) is 17.1. The van der Waals surface area contributed by atoms with Crippen molar-refractivity contribution in [3.8, 4) is 5.88 Å². The number of likely N-dealkylation sites (tertiary alicyclic amines) is 1. The maximum atomic E-state index is 14.1. The summed E-state index contributed by atoms with van der Waals surface area (Å²) in [5.74, 6) is 0.403. The van der Waals surface area contributed by atoms with Crippen molar-refractivity contribution in [2.75, 3.05) is 26.8 Å². The number of nitrogens with zero attached hydrogens (tertiary/aromatic N) is 4. The molecule has 4 atom stereocenters. The number of hydrogen-bond donors (Lipinski definition) is 1. The van der Waals surface area contributed by atoms with E-state index in [1.54, 1.807) is 4.90 Å². The summed E-state index contributed by atoms with van der Waals surface area (Å²) >= 11 is 0. The monoisotopic (exact) mass is 643 g/mol. The molecule has 4 fully saturated rings. The predicted octanol–water partition coefficient (Wildman–Crippen LogP) is 4.66. The van der Waals surface area contributed by atoms with Gasteiger partial charge in [0.05, 0.1) is 35.5 Å². The summed E-state index contributed by atoms with van der Waals surface area (Å²) in [6.07, 6.45) is 6.33. The number of carbonyl (C=O) groups is 3. The van der Waals surface area contributed by atoms with Crippen molar-refractivity contribution in [2.24, 2.45) is 11.1 Å². The fourth-order valence-electron chi connectivity index (χ4n) is 8.49. The van der Waals surface area contributed by atoms with Crippen molar-refractivity contribution in [3.63, 3.8) is 0 Å². The average Bonchev–Trinajstić information content (AvgIpc) is 3.82. The van der Waals surface area contributed by atoms with E-state index in [9.17, 15) is 14.4 Å². The Morgan fingerprint density at radius 2 is 1.89 bits per heavy atom. The highest BCUT2D eigenvalue weighted by molar-refractivity contribution is 6.17. The number of rotatable bonds is 6. The van der Waals surface area contributed by atoms with Crippen molar-refractivity contribution in [1.29, 1.82) is 0 Å². The Balaban J connectivity index is 1.28. The number of ether oxygens (including phenoxy) is 3. The zero-order chi connectivity index (χ0) is 32.8. The molecule has 2 aromatic rings. The Morgan fingerprint density at radius 3 is 2.62 bits per heavy atom. The zero-order valence-electron chi connectivity index (χ0n) is 27.5. The minimum atomic E-state index is -0.992. The summed E-state index contributed by atoms with van der Waals surface area (Å²) in [5.41, 5.74) is 7.79. The summed E-state index contributed by atoms with van der Waals surface area (Å²) in [6, 6.07) is 9.77. The lowest BCUT2D eigenvalue weighted by molar-refractivity contribution is -0.143. The van der Waals surface area contributed by atoms with E-state index in [1.165, 1.54) is 0 Å². The van der Waals surface area contributed by atoms with Crippen LogP contribution in [0.3, 0.4) is 0 Å². The van der Waals surface area contributed by atoms with Gasteiger partial charge in [0, 0.05) is 31.1 Å². The average molecular weight is 644 g/mol. The third-order valence-corrected chi connectivity index (χ3v) is 11.2. The minimum absolute atomic E-state index is 0.0267. The number of likely N-dealkylation sites (N-methyl/N-ethyl adjacent to an activating group) is 1. The number of aromatic nitrogens is 2. The normalized spacial score (nSPS) is 29.4. The summed E-state index contributed by atoms with van der Waals surface area (Å²) < 4.78 is 18.4. The topological polar surface area (TPSA) is 137 Å². The van der Waals surface area contributed by atoms with Gasteiger partial charge in [-0.05, 0) is 71.0 Å². The Kier molecular flexibility index (Phi) is 8.55. The second-order valence-corrected chi connectivity index (χ2v) is 13.9. The lowest BCUT2D eigenvalue weighted by Gasteiger charge is -2.38. The third kappa shape index (κ3) is 5.51. The number of Topliss-reactive ketones (excluding diaryl/α,β-unsaturated/α-hetero) is 2. The van der Waals surface area contributed by atoms with Crippen molar-refractivity contribution < 1.29 is 28.6 Å². The molecule has 7 rings (SSSR count). The van der Waals surface area contributed by atoms with E-state index in [2.05, 4.69) is 11.9 Å². The van der Waals surface area contributed by atoms with E-state index in [1.807, 2.05) is 37.3 Å². The van der Waals surface area contributed by atoms with Crippen LogP contribution in [0.2, 0.25) is 0 Å². The summed E-state index contributed by atoms with van der Waals surface area (Å²) in [5, 5.41) is 0. The molecule has 11 heteroatoms. The SMILES string of the molecule is C[C@H](Oc1nc(/C(N)=C2\CCC[C@@]3(CCCCC3=O)C2=O)nc2c1CN(C(=O)OCc1ccccc1)C21CCOC1)[C@@H]1CCCN1C. The minimum Gasteiger partial charge on any atom is -0.473 e. The van der Waals surface area contributed by atoms with Gasteiger partial charge < -0.3 is 19.9 Å². The molecular formula is C36H45N5O6. The zero-order valence-corrected chi connectivity index (χ0v) is 27.5. The van der Waals surface area contributed by atoms with Crippen LogP contribution in [0.5, 0.6) is 5.88 Å². The third-order valence-electron chi connectivity index (χ3n) is 11.2. The van der Waals surface area contributed by atoms with Crippen molar-refractivity contribution in [1.82, 2.24) is 19.8 Å². The van der Waals surface area contributed by atoms with Gasteiger partial charge in [-0.1, -0.05) is 36.8 Å². The number of ketones is 2. The predicted molar refractivity (Wildman–Crippen MR) is 173 cm³/mol. The number of nitrogens with two attached hydrogens (primary N) is 1. The van der Waals surface area contributed by atoms with E-state index in [0.717, 1.165) is 37.8 Å². The molecule has 0 bridgehead atoms. The van der Waals surface area contributed by atoms with Crippen LogP contribution in [0.15, 0.2) is 35.9 Å². The molecular weight excluding hydrogens is 598 g/mol. The molecule has 47 heavy (non-hydrogen) atoms. The Hall–Kier alpha value is -3.83. The van der Waals surface area contributed by atoms with Gasteiger partial charge in [0.15, 0.2) is 11.6 Å². The standard InChI is InChI=1S/C36H45N5O6/c1-23(27-13-9-18-40(27)2)47-33-26-20-41(34(44)46-21-24-10-4-3-5-11-24)36(17-19-45-22-36)30(26)38-32(39-33)29(37)25-12-8-16-35(31(25)43)15-7-6-14-28(35)42/h3-5,10-11,23,27H,6-9,12-22,37H2,1-2H3/b29-25-/t23-,27-,35+,36?/m0/s1. The van der Waals surface area contributed by atoms with E-state index in [4.69, 9.17) is 29.9 Å². The van der Waals surface area contributed by atoms with Gasteiger partial charge in [0.1, 0.15) is 24.0 Å². The van der Waals surface area contributed by atoms with Crippen molar-refractivity contribution in [2.45, 2.75) is 102 Å². The van der Waals surface area contributed by atoms with Crippen LogP contribution in [0.25, 0.3) is 5.70 Å². The van der Waals surface area contributed by atoms with E-state index in [-0.39, 0.29) is 55.0 Å². The molecule has 2 saturated carbocycles. The Labute approximate surface area is 275 Å². The second-order valence-electron chi connectivity index (χ2n) is 13.9. The van der Waals surface area contributed by atoms with Gasteiger partial charge in [0.25, 0.3) is 0 Å². The molecule has 1 amide bonds. The lowest BCUT2D eigenvalue weighted by atomic mass is 9.62. The van der Waals surface area contributed by atoms with Crippen LogP contribution >= 0.6 is 0 Å². The number of allylic oxidation sites excluding steroid dienone is 1. The van der Waals surface area contributed by atoms with E-state index in [0.29, 0.717) is 67.8 Å². The molecule has 1 unspecified atom stereocenters. The van der Waals surface area contributed by atoms with E-state index >= 15 is 0 Å². The first kappa shape index (κ1) is 31.8. The number of carbonyl (C=O) groups excluding carboxylic acids is 3. The number of amides is 1. The fourth-order valence-corrected chi connectivity index (χ4v) is 8.49. The Morgan fingerprint density at radius 1 is 1.09 bits per heavy atom. The number of fused-ring (bicyclic) bond motifs is 2. The molecule has 1 aromatic carbocycles. The maximum absolute atomic E-state index is 14.1. The molecule has 3 aliphatic heterocycles. The van der Waals surface area contributed by atoms with Crippen LogP contribution in [0, 0.1) is 5.41 Å². The highest BCUT2D eigenvalue weighted by Gasteiger charge is 2.55. The summed E-state index contributed by atoms with van der Waals surface area (Å²) in [4.78, 5) is 54.9. The van der Waals surface area contributed by atoms with Gasteiger partial charge in [-0.25, -0.2) is 9.78 Å². The number of benzene rings is 1. The van der Waals surface area contributed by atoms with Crippen molar-refractivity contribution in [3.05, 3.63) is 58.6 Å². The van der Waals surface area contributed by atoms with Gasteiger partial charge in [-0.3, -0.25) is 19.4 Å². The van der Waals surface area contributed by atoms with Crippen LogP contribution in [0.4, 0.5) is 4.79 Å². The lowest BCUT2D eigenvalue weighted by Crippen LogP contribution is -2.46. The molecule has 2 spiro atoms. The van der Waals surface area contributed by atoms with Crippen LogP contribution < -0.4 is 10.5 Å². The molecule has 2 N–H and O–H groups in total. The van der Waals surface area contributed by atoms with Gasteiger partial charge >= 0.3 is 6.09 Å². The van der Waals surface area contributed by atoms with Crippen LogP contribution in [-0.4, -0.2) is 76.4 Å². The molecule has 2 aliphatic carbocycles. The van der Waals surface area contributed by atoms with Crippen molar-refractivity contribution >= 4 is 23.4 Å². The van der Waals surface area contributed by atoms with Gasteiger partial charge in [-0.15, -0.1) is 0 Å². The first-order chi connectivity index (χ1) is 22.7. The highest BCUT2D eigenvalue weighted by atomic mass is 16.6. The van der Waals surface area contributed by atoms with Gasteiger partial charge in [0.2, 0.25) is 5.88 Å². The maximum Gasteiger partial charge on any atom is 0.411 e. The molecule has 250 valence electrons. The number of hydrogen-bond acceptors (Lipinski definition) is 10. The first-order valence-electron chi connectivity index (χ1n) is 17.1.